The topological polar surface area (TPSA) is 49.3 Å². The van der Waals surface area contributed by atoms with Crippen LogP contribution in [0, 0.1) is 5.92 Å². The second-order valence-corrected chi connectivity index (χ2v) is 9.02. The number of rotatable bonds is 5. The van der Waals surface area contributed by atoms with Gasteiger partial charge < -0.3 is 9.80 Å². The number of amides is 1. The number of alkyl halides is 6. The summed E-state index contributed by atoms with van der Waals surface area (Å²) in [6, 6.07) is 12.4. The fourth-order valence-corrected chi connectivity index (χ4v) is 4.67. The van der Waals surface area contributed by atoms with Gasteiger partial charge in [-0.15, -0.1) is 12.4 Å². The number of carbonyl (C=O) groups excluding carboxylic acids is 1. The highest BCUT2D eigenvalue weighted by Gasteiger charge is 2.39. The standard InChI is InChI=1S/C26H24F6N4O.ClH/c1-35(15-17-12-19(25(27,28)29)14-20(13-17)26(30,31)32)23(37)21-8-11-36(24-33-9-5-10-34-24)16-22(21)18-6-3-2-4-7-18;/h2-7,9-10,12-14,21-22H,8,11,15-16H2,1H3;1H/t21-,22-;/m0./s1. The van der Waals surface area contributed by atoms with Crippen LogP contribution in [0.4, 0.5) is 32.3 Å². The predicted octanol–water partition coefficient (Wildman–Crippen LogP) is 6.20. The van der Waals surface area contributed by atoms with Crippen molar-refractivity contribution in [3.8, 4) is 0 Å². The molecule has 0 spiro atoms. The molecule has 2 heterocycles. The molecule has 1 amide bonds. The molecule has 2 atom stereocenters. The van der Waals surface area contributed by atoms with Crippen molar-refractivity contribution in [2.45, 2.75) is 31.2 Å². The normalized spacial score (nSPS) is 18.0. The molecular formula is C26H25ClF6N4O. The fourth-order valence-electron chi connectivity index (χ4n) is 4.67. The Kier molecular flexibility index (Phi) is 8.91. The Morgan fingerprint density at radius 1 is 0.947 bits per heavy atom. The maximum Gasteiger partial charge on any atom is 0.416 e. The Balaban J connectivity index is 0.00000400. The molecule has 3 aromatic rings. The van der Waals surface area contributed by atoms with Crippen LogP contribution in [0.15, 0.2) is 67.0 Å². The molecule has 1 fully saturated rings. The molecule has 0 unspecified atom stereocenters. The van der Waals surface area contributed by atoms with Crippen molar-refractivity contribution >= 4 is 24.3 Å². The summed E-state index contributed by atoms with van der Waals surface area (Å²) in [5.41, 5.74) is -2.16. The summed E-state index contributed by atoms with van der Waals surface area (Å²) >= 11 is 0. The van der Waals surface area contributed by atoms with Crippen molar-refractivity contribution < 1.29 is 31.1 Å². The van der Waals surface area contributed by atoms with Crippen LogP contribution in [0.2, 0.25) is 0 Å². The molecule has 0 bridgehead atoms. The minimum Gasteiger partial charge on any atom is -0.341 e. The molecule has 1 aliphatic rings. The second-order valence-electron chi connectivity index (χ2n) is 9.02. The van der Waals surface area contributed by atoms with Crippen molar-refractivity contribution in [2.24, 2.45) is 5.92 Å². The third-order valence-corrected chi connectivity index (χ3v) is 6.44. The Morgan fingerprint density at radius 2 is 1.53 bits per heavy atom. The number of hydrogen-bond acceptors (Lipinski definition) is 4. The first kappa shape index (κ1) is 29.2. The number of piperidine rings is 1. The molecule has 204 valence electrons. The summed E-state index contributed by atoms with van der Waals surface area (Å²) in [6.07, 6.45) is -6.26. The van der Waals surface area contributed by atoms with E-state index in [1.807, 2.05) is 35.2 Å². The summed E-state index contributed by atoms with van der Waals surface area (Å²) in [5, 5.41) is 0. The van der Waals surface area contributed by atoms with E-state index in [2.05, 4.69) is 9.97 Å². The van der Waals surface area contributed by atoms with Gasteiger partial charge in [0.15, 0.2) is 0 Å². The molecule has 4 rings (SSSR count). The molecule has 1 aromatic heterocycles. The van der Waals surface area contributed by atoms with E-state index in [0.717, 1.165) is 5.56 Å². The maximum absolute atomic E-state index is 13.5. The number of halogens is 7. The van der Waals surface area contributed by atoms with Crippen molar-refractivity contribution in [3.05, 3.63) is 89.2 Å². The number of anilines is 1. The first-order valence-electron chi connectivity index (χ1n) is 11.5. The second kappa shape index (κ2) is 11.6. The quantitative estimate of drug-likeness (QED) is 0.350. The van der Waals surface area contributed by atoms with Gasteiger partial charge >= 0.3 is 12.4 Å². The van der Waals surface area contributed by atoms with Crippen LogP contribution in [0.3, 0.4) is 0 Å². The largest absolute Gasteiger partial charge is 0.416 e. The van der Waals surface area contributed by atoms with Crippen LogP contribution in [0.25, 0.3) is 0 Å². The van der Waals surface area contributed by atoms with Crippen LogP contribution in [-0.4, -0.2) is 40.9 Å². The third kappa shape index (κ3) is 6.75. The Bertz CT molecular complexity index is 1190. The van der Waals surface area contributed by atoms with Crippen LogP contribution < -0.4 is 4.90 Å². The number of benzene rings is 2. The maximum atomic E-state index is 13.5. The highest BCUT2D eigenvalue weighted by Crippen LogP contribution is 2.38. The Morgan fingerprint density at radius 3 is 2.08 bits per heavy atom. The van der Waals surface area contributed by atoms with Gasteiger partial charge in [0.05, 0.1) is 11.1 Å². The van der Waals surface area contributed by atoms with Gasteiger partial charge in [-0.2, -0.15) is 26.3 Å². The number of carbonyl (C=O) groups is 1. The highest BCUT2D eigenvalue weighted by molar-refractivity contribution is 5.85. The third-order valence-electron chi connectivity index (χ3n) is 6.44. The molecule has 5 nitrogen and oxygen atoms in total. The first-order chi connectivity index (χ1) is 17.4. The van der Waals surface area contributed by atoms with Crippen molar-refractivity contribution in [1.29, 1.82) is 0 Å². The zero-order valence-electron chi connectivity index (χ0n) is 20.2. The van der Waals surface area contributed by atoms with E-state index in [1.54, 1.807) is 18.5 Å². The summed E-state index contributed by atoms with van der Waals surface area (Å²) in [6.45, 7) is 0.509. The summed E-state index contributed by atoms with van der Waals surface area (Å²) in [5.74, 6) is -0.638. The molecule has 2 aromatic carbocycles. The molecular weight excluding hydrogens is 534 g/mol. The average molecular weight is 559 g/mol. The summed E-state index contributed by atoms with van der Waals surface area (Å²) < 4.78 is 79.7. The lowest BCUT2D eigenvalue weighted by atomic mass is 9.80. The van der Waals surface area contributed by atoms with Gasteiger partial charge in [-0.3, -0.25) is 4.79 Å². The van der Waals surface area contributed by atoms with Crippen molar-refractivity contribution in [1.82, 2.24) is 14.9 Å². The molecule has 0 N–H and O–H groups in total. The van der Waals surface area contributed by atoms with Gasteiger partial charge in [-0.1, -0.05) is 30.3 Å². The van der Waals surface area contributed by atoms with Crippen LogP contribution in [-0.2, 0) is 23.7 Å². The van der Waals surface area contributed by atoms with E-state index < -0.39 is 35.9 Å². The Hall–Kier alpha value is -3.34. The van der Waals surface area contributed by atoms with E-state index in [9.17, 15) is 31.1 Å². The van der Waals surface area contributed by atoms with Crippen molar-refractivity contribution in [3.63, 3.8) is 0 Å². The predicted molar refractivity (Wildman–Crippen MR) is 132 cm³/mol. The fraction of sp³-hybridized carbons (Fsp3) is 0.346. The van der Waals surface area contributed by atoms with E-state index in [0.29, 0.717) is 37.6 Å². The molecule has 0 aliphatic carbocycles. The zero-order chi connectivity index (χ0) is 26.8. The molecule has 0 saturated carbocycles. The lowest BCUT2D eigenvalue weighted by Gasteiger charge is -2.39. The van der Waals surface area contributed by atoms with Crippen LogP contribution in [0.5, 0.6) is 0 Å². The number of nitrogens with zero attached hydrogens (tertiary/aromatic N) is 4. The molecule has 1 aliphatic heterocycles. The van der Waals surface area contributed by atoms with Gasteiger partial charge in [0.25, 0.3) is 0 Å². The number of hydrogen-bond donors (Lipinski definition) is 0. The van der Waals surface area contributed by atoms with Gasteiger partial charge in [0.2, 0.25) is 11.9 Å². The van der Waals surface area contributed by atoms with Gasteiger partial charge in [0.1, 0.15) is 0 Å². The van der Waals surface area contributed by atoms with Crippen molar-refractivity contribution in [2.75, 3.05) is 25.0 Å². The van der Waals surface area contributed by atoms with E-state index >= 15 is 0 Å². The SMILES string of the molecule is CN(Cc1cc(C(F)(F)F)cc(C(F)(F)F)c1)C(=O)[C@H]1CCN(c2ncccn2)C[C@H]1c1ccccc1.Cl. The van der Waals surface area contributed by atoms with Gasteiger partial charge in [-0.05, 0) is 41.8 Å². The lowest BCUT2D eigenvalue weighted by molar-refractivity contribution is -0.143. The van der Waals surface area contributed by atoms with Gasteiger partial charge in [0, 0.05) is 50.9 Å². The average Bonchev–Trinajstić information content (AvgIpc) is 2.87. The summed E-state index contributed by atoms with van der Waals surface area (Å²) in [7, 11) is 1.39. The van der Waals surface area contributed by atoms with E-state index in [1.165, 1.54) is 11.9 Å². The highest BCUT2D eigenvalue weighted by atomic mass is 35.5. The zero-order valence-corrected chi connectivity index (χ0v) is 21.0. The minimum atomic E-state index is -4.96. The van der Waals surface area contributed by atoms with E-state index in [-0.39, 0.29) is 35.9 Å². The minimum absolute atomic E-state index is 0. The van der Waals surface area contributed by atoms with Crippen LogP contribution >= 0.6 is 12.4 Å². The lowest BCUT2D eigenvalue weighted by Crippen LogP contribution is -2.46. The monoisotopic (exact) mass is 558 g/mol. The van der Waals surface area contributed by atoms with Crippen LogP contribution in [0.1, 0.15) is 34.6 Å². The molecule has 1 saturated heterocycles. The smallest absolute Gasteiger partial charge is 0.341 e. The molecule has 38 heavy (non-hydrogen) atoms. The summed E-state index contributed by atoms with van der Waals surface area (Å²) in [4.78, 5) is 25.3. The molecule has 0 radical (unpaired) electrons. The Labute approximate surface area is 221 Å². The van der Waals surface area contributed by atoms with E-state index in [4.69, 9.17) is 0 Å². The molecule has 12 heteroatoms. The van der Waals surface area contributed by atoms with Gasteiger partial charge in [-0.25, -0.2) is 9.97 Å². The first-order valence-corrected chi connectivity index (χ1v) is 11.5. The number of aromatic nitrogens is 2.